The number of aromatic nitrogens is 2. The molecule has 0 aliphatic rings. The van der Waals surface area contributed by atoms with E-state index in [1.54, 1.807) is 13.1 Å². The molecule has 1 rings (SSSR count). The number of nitrogens with one attached hydrogen (secondary N) is 1. The minimum atomic E-state index is -3.10. The molecule has 1 N–H and O–H groups in total. The van der Waals surface area contributed by atoms with Crippen molar-refractivity contribution in [1.82, 2.24) is 14.9 Å². The topological polar surface area (TPSA) is 64.0 Å². The van der Waals surface area contributed by atoms with Crippen LogP contribution in [0.2, 0.25) is 0 Å². The minimum Gasteiger partial charge on any atom is -0.334 e. The van der Waals surface area contributed by atoms with E-state index in [1.807, 2.05) is 17.7 Å². The van der Waals surface area contributed by atoms with Gasteiger partial charge in [-0.3, -0.25) is 0 Å². The molecule has 104 valence electrons. The average molecular weight is 273 g/mol. The van der Waals surface area contributed by atoms with Gasteiger partial charge >= 0.3 is 0 Å². The Kier molecular flexibility index (Phi) is 5.34. The van der Waals surface area contributed by atoms with E-state index in [0.29, 0.717) is 6.54 Å². The molecule has 0 bridgehead atoms. The fourth-order valence-corrected chi connectivity index (χ4v) is 2.68. The third-order valence-electron chi connectivity index (χ3n) is 3.06. The van der Waals surface area contributed by atoms with Gasteiger partial charge < -0.3 is 9.88 Å². The van der Waals surface area contributed by atoms with Gasteiger partial charge in [0.2, 0.25) is 0 Å². The maximum atomic E-state index is 11.7. The first kappa shape index (κ1) is 15.2. The largest absolute Gasteiger partial charge is 0.334 e. The molecule has 1 aromatic heterocycles. The molecule has 1 heterocycles. The molecule has 0 aliphatic heterocycles. The zero-order valence-electron chi connectivity index (χ0n) is 11.5. The lowest BCUT2D eigenvalue weighted by molar-refractivity contribution is 0.469. The van der Waals surface area contributed by atoms with Gasteiger partial charge in [0.25, 0.3) is 0 Å². The van der Waals surface area contributed by atoms with Gasteiger partial charge in [-0.2, -0.15) is 0 Å². The first-order valence-electron chi connectivity index (χ1n) is 6.35. The van der Waals surface area contributed by atoms with Gasteiger partial charge in [-0.25, -0.2) is 13.4 Å². The molecule has 0 aromatic carbocycles. The summed E-state index contributed by atoms with van der Waals surface area (Å²) in [5.74, 6) is 0.802. The van der Waals surface area contributed by atoms with E-state index >= 15 is 0 Å². The Morgan fingerprint density at radius 3 is 2.61 bits per heavy atom. The lowest BCUT2D eigenvalue weighted by Crippen LogP contribution is -2.36. The fourth-order valence-electron chi connectivity index (χ4n) is 1.96. The summed E-state index contributed by atoms with van der Waals surface area (Å²) in [6.45, 7) is 7.35. The fraction of sp³-hybridized carbons (Fsp3) is 0.750. The molecule has 0 aliphatic carbocycles. The molecule has 5 nitrogen and oxygen atoms in total. The number of sulfone groups is 1. The molecule has 2 atom stereocenters. The number of nitrogens with zero attached hydrogens (tertiary/aromatic N) is 2. The van der Waals surface area contributed by atoms with Crippen molar-refractivity contribution in [2.45, 2.75) is 45.0 Å². The molecular formula is C12H23N3O2S. The molecule has 0 spiro atoms. The van der Waals surface area contributed by atoms with Crippen LogP contribution in [0.15, 0.2) is 12.4 Å². The van der Waals surface area contributed by atoms with E-state index < -0.39 is 15.1 Å². The van der Waals surface area contributed by atoms with Crippen LogP contribution in [0.5, 0.6) is 0 Å². The highest BCUT2D eigenvalue weighted by atomic mass is 32.2. The van der Waals surface area contributed by atoms with Crippen LogP contribution in [0.4, 0.5) is 0 Å². The quantitative estimate of drug-likeness (QED) is 0.815. The Bertz CT molecular complexity index is 467. The number of hydrogen-bond donors (Lipinski definition) is 1. The van der Waals surface area contributed by atoms with Gasteiger partial charge in [-0.1, -0.05) is 13.8 Å². The minimum absolute atomic E-state index is 0.258. The number of imidazole rings is 1. The van der Waals surface area contributed by atoms with Gasteiger partial charge in [0, 0.05) is 25.2 Å². The first-order chi connectivity index (χ1) is 8.41. The Balaban J connectivity index is 3.07. The summed E-state index contributed by atoms with van der Waals surface area (Å²) in [5.41, 5.74) is 0. The molecule has 6 heteroatoms. The Labute approximate surface area is 110 Å². The van der Waals surface area contributed by atoms with Crippen LogP contribution >= 0.6 is 0 Å². The van der Waals surface area contributed by atoms with E-state index in [1.165, 1.54) is 6.26 Å². The molecule has 0 saturated heterocycles. The van der Waals surface area contributed by atoms with Crippen molar-refractivity contribution in [3.63, 3.8) is 0 Å². The summed E-state index contributed by atoms with van der Waals surface area (Å²) in [7, 11) is -3.10. The van der Waals surface area contributed by atoms with Gasteiger partial charge in [-0.15, -0.1) is 0 Å². The molecule has 1 aromatic rings. The van der Waals surface area contributed by atoms with Crippen molar-refractivity contribution in [2.24, 2.45) is 0 Å². The molecule has 0 radical (unpaired) electrons. The molecule has 0 fully saturated rings. The lowest BCUT2D eigenvalue weighted by atomic mass is 10.2. The van der Waals surface area contributed by atoms with Crippen molar-refractivity contribution in [3.05, 3.63) is 18.2 Å². The smallest absolute Gasteiger partial charge is 0.152 e. The van der Waals surface area contributed by atoms with E-state index in [9.17, 15) is 8.42 Å². The third-order valence-corrected chi connectivity index (χ3v) is 4.68. The van der Waals surface area contributed by atoms with Crippen LogP contribution < -0.4 is 5.32 Å². The number of aryl methyl sites for hydroxylation is 1. The molecular weight excluding hydrogens is 250 g/mol. The predicted molar refractivity (Wildman–Crippen MR) is 73.2 cm³/mol. The Morgan fingerprint density at radius 2 is 2.11 bits per heavy atom. The molecule has 0 amide bonds. The molecule has 0 saturated carbocycles. The number of hydrogen-bond acceptors (Lipinski definition) is 4. The van der Waals surface area contributed by atoms with Gasteiger partial charge in [0.1, 0.15) is 5.82 Å². The second-order valence-electron chi connectivity index (χ2n) is 4.55. The van der Waals surface area contributed by atoms with Crippen LogP contribution in [0.1, 0.15) is 39.1 Å². The van der Waals surface area contributed by atoms with Crippen molar-refractivity contribution in [3.8, 4) is 0 Å². The second-order valence-corrected chi connectivity index (χ2v) is 6.95. The normalized spacial score (nSPS) is 15.6. The van der Waals surface area contributed by atoms with Crippen molar-refractivity contribution < 1.29 is 8.42 Å². The van der Waals surface area contributed by atoms with Crippen LogP contribution in [-0.2, 0) is 16.4 Å². The van der Waals surface area contributed by atoms with Crippen LogP contribution in [0, 0.1) is 0 Å². The zero-order valence-corrected chi connectivity index (χ0v) is 12.4. The lowest BCUT2D eigenvalue weighted by Gasteiger charge is -2.23. The van der Waals surface area contributed by atoms with Crippen molar-refractivity contribution >= 4 is 9.84 Å². The monoisotopic (exact) mass is 273 g/mol. The van der Waals surface area contributed by atoms with E-state index in [2.05, 4.69) is 17.2 Å². The molecule has 2 unspecified atom stereocenters. The Hall–Kier alpha value is -0.880. The van der Waals surface area contributed by atoms with Gasteiger partial charge in [-0.05, 0) is 19.9 Å². The zero-order chi connectivity index (χ0) is 13.8. The second kappa shape index (κ2) is 6.33. The maximum absolute atomic E-state index is 11.7. The summed E-state index contributed by atoms with van der Waals surface area (Å²) in [6.07, 6.45) is 5.90. The Morgan fingerprint density at radius 1 is 1.44 bits per heavy atom. The van der Waals surface area contributed by atoms with E-state index in [0.717, 1.165) is 18.8 Å². The summed E-state index contributed by atoms with van der Waals surface area (Å²) in [4.78, 5) is 4.32. The third kappa shape index (κ3) is 3.55. The summed E-state index contributed by atoms with van der Waals surface area (Å²) >= 11 is 0. The van der Waals surface area contributed by atoms with Crippen molar-refractivity contribution in [1.29, 1.82) is 0 Å². The highest BCUT2D eigenvalue weighted by Crippen LogP contribution is 2.20. The summed E-state index contributed by atoms with van der Waals surface area (Å²) in [6, 6.07) is -0.258. The predicted octanol–water partition coefficient (Wildman–Crippen LogP) is 1.38. The van der Waals surface area contributed by atoms with Crippen molar-refractivity contribution in [2.75, 3.05) is 12.8 Å². The van der Waals surface area contributed by atoms with Crippen LogP contribution in [-0.4, -0.2) is 36.0 Å². The van der Waals surface area contributed by atoms with Crippen LogP contribution in [0.3, 0.4) is 0 Å². The average Bonchev–Trinajstić information content (AvgIpc) is 2.72. The van der Waals surface area contributed by atoms with Gasteiger partial charge in [0.05, 0.1) is 11.3 Å². The van der Waals surface area contributed by atoms with Crippen LogP contribution in [0.25, 0.3) is 0 Å². The summed E-state index contributed by atoms with van der Waals surface area (Å²) in [5, 5.41) is 2.74. The van der Waals surface area contributed by atoms with E-state index in [4.69, 9.17) is 0 Å². The number of rotatable bonds is 7. The summed E-state index contributed by atoms with van der Waals surface area (Å²) < 4.78 is 25.5. The highest BCUT2D eigenvalue weighted by Gasteiger charge is 2.29. The van der Waals surface area contributed by atoms with Gasteiger partial charge in [0.15, 0.2) is 9.84 Å². The van der Waals surface area contributed by atoms with E-state index in [-0.39, 0.29) is 6.04 Å². The molecule has 18 heavy (non-hydrogen) atoms. The highest BCUT2D eigenvalue weighted by molar-refractivity contribution is 7.91. The first-order valence-corrected chi connectivity index (χ1v) is 8.30. The maximum Gasteiger partial charge on any atom is 0.152 e. The SMILES string of the molecule is CCCn1ccnc1C(NCC)C(C)S(C)(=O)=O. The standard InChI is InChI=1S/C12H23N3O2S/c1-5-8-15-9-7-14-12(15)11(13-6-2)10(3)18(4,16)17/h7,9-11,13H,5-6,8H2,1-4H3.